The van der Waals surface area contributed by atoms with Gasteiger partial charge in [-0.3, -0.25) is 13.9 Å². The Hall–Kier alpha value is -3.07. The molecule has 2 amide bonds. The van der Waals surface area contributed by atoms with Crippen LogP contribution in [0.4, 0.5) is 5.69 Å². The molecule has 0 aliphatic heterocycles. The van der Waals surface area contributed by atoms with Gasteiger partial charge in [-0.05, 0) is 79.6 Å². The van der Waals surface area contributed by atoms with Gasteiger partial charge in [0, 0.05) is 12.6 Å². The van der Waals surface area contributed by atoms with Crippen LogP contribution in [0.5, 0.6) is 0 Å². The van der Waals surface area contributed by atoms with E-state index in [1.807, 2.05) is 26.0 Å². The van der Waals surface area contributed by atoms with E-state index in [0.717, 1.165) is 47.5 Å². The van der Waals surface area contributed by atoms with E-state index in [1.54, 1.807) is 54.6 Å². The second-order valence-corrected chi connectivity index (χ2v) is 14.8. The minimum atomic E-state index is -4.15. The molecule has 7 nitrogen and oxygen atoms in total. The van der Waals surface area contributed by atoms with Gasteiger partial charge in [-0.2, -0.15) is 0 Å². The first-order chi connectivity index (χ1) is 21.4. The first kappa shape index (κ1) is 34.8. The summed E-state index contributed by atoms with van der Waals surface area (Å²) in [5.74, 6) is -0.500. The zero-order valence-corrected chi connectivity index (χ0v) is 28.8. The highest BCUT2D eigenvalue weighted by Crippen LogP contribution is 2.28. The molecule has 0 radical (unpaired) electrons. The van der Waals surface area contributed by atoms with Crippen molar-refractivity contribution >= 4 is 50.7 Å². The van der Waals surface area contributed by atoms with Gasteiger partial charge in [0.05, 0.1) is 20.6 Å². The van der Waals surface area contributed by atoms with Crippen molar-refractivity contribution in [3.8, 4) is 0 Å². The molecule has 10 heteroatoms. The molecule has 1 atom stereocenters. The zero-order valence-electron chi connectivity index (χ0n) is 26.4. The molecule has 3 aromatic rings. The van der Waals surface area contributed by atoms with Crippen molar-refractivity contribution in [3.63, 3.8) is 0 Å². The van der Waals surface area contributed by atoms with Crippen LogP contribution in [-0.4, -0.2) is 43.8 Å². The van der Waals surface area contributed by atoms with Gasteiger partial charge in [-0.15, -0.1) is 0 Å². The van der Waals surface area contributed by atoms with Crippen LogP contribution in [0.1, 0.15) is 81.9 Å². The Morgan fingerprint density at radius 3 is 2.13 bits per heavy atom. The van der Waals surface area contributed by atoms with Crippen molar-refractivity contribution in [2.75, 3.05) is 10.8 Å². The first-order valence-corrected chi connectivity index (χ1v) is 17.8. The molecule has 0 bridgehead atoms. The number of halogens is 2. The summed E-state index contributed by atoms with van der Waals surface area (Å²) >= 11 is 12.5. The molecule has 1 N–H and O–H groups in total. The van der Waals surface area contributed by atoms with Gasteiger partial charge in [0.25, 0.3) is 10.0 Å². The predicted molar refractivity (Wildman–Crippen MR) is 182 cm³/mol. The third kappa shape index (κ3) is 8.81. The third-order valence-electron chi connectivity index (χ3n) is 8.41. The number of amides is 2. The number of rotatable bonds is 12. The summed E-state index contributed by atoms with van der Waals surface area (Å²) in [6, 6.07) is 18.1. The van der Waals surface area contributed by atoms with E-state index in [9.17, 15) is 18.0 Å². The molecular weight excluding hydrogens is 629 g/mol. The van der Waals surface area contributed by atoms with E-state index in [1.165, 1.54) is 4.90 Å². The van der Waals surface area contributed by atoms with Crippen molar-refractivity contribution in [1.29, 1.82) is 0 Å². The van der Waals surface area contributed by atoms with Crippen LogP contribution in [0.15, 0.2) is 71.6 Å². The monoisotopic (exact) mass is 671 g/mol. The summed E-state index contributed by atoms with van der Waals surface area (Å²) in [6.07, 6.45) is 5.40. The van der Waals surface area contributed by atoms with Gasteiger partial charge in [0.2, 0.25) is 11.8 Å². The summed E-state index contributed by atoms with van der Waals surface area (Å²) in [7, 11) is -4.15. The Kier molecular flexibility index (Phi) is 12.0. The number of sulfonamides is 1. The van der Waals surface area contributed by atoms with E-state index >= 15 is 0 Å². The van der Waals surface area contributed by atoms with Gasteiger partial charge in [-0.25, -0.2) is 8.42 Å². The van der Waals surface area contributed by atoms with Crippen LogP contribution in [-0.2, 0) is 26.2 Å². The molecule has 1 aliphatic carbocycles. The maximum absolute atomic E-state index is 14.4. The molecule has 4 rings (SSSR count). The number of carbonyl (C=O) groups excluding carboxylic acids is 2. The molecule has 0 unspecified atom stereocenters. The van der Waals surface area contributed by atoms with Crippen LogP contribution in [0, 0.1) is 6.92 Å². The average molecular weight is 673 g/mol. The number of nitrogens with zero attached hydrogens (tertiary/aromatic N) is 2. The fourth-order valence-corrected chi connectivity index (χ4v) is 7.43. The van der Waals surface area contributed by atoms with Crippen molar-refractivity contribution in [2.45, 2.75) is 95.7 Å². The Morgan fingerprint density at radius 2 is 1.56 bits per heavy atom. The largest absolute Gasteiger partial charge is 0.352 e. The molecule has 1 saturated carbocycles. The lowest BCUT2D eigenvalue weighted by Crippen LogP contribution is -2.54. The summed E-state index contributed by atoms with van der Waals surface area (Å²) in [4.78, 5) is 29.6. The summed E-state index contributed by atoms with van der Waals surface area (Å²) in [6.45, 7) is 7.41. The molecule has 0 heterocycles. The van der Waals surface area contributed by atoms with E-state index in [2.05, 4.69) is 19.2 Å². The van der Waals surface area contributed by atoms with Crippen molar-refractivity contribution in [1.82, 2.24) is 10.2 Å². The summed E-state index contributed by atoms with van der Waals surface area (Å²) in [5.41, 5.74) is 3.00. The van der Waals surface area contributed by atoms with Crippen LogP contribution < -0.4 is 9.62 Å². The number of carbonyl (C=O) groups is 2. The second kappa shape index (κ2) is 15.5. The van der Waals surface area contributed by atoms with Gasteiger partial charge in [-0.1, -0.05) is 99.1 Å². The second-order valence-electron chi connectivity index (χ2n) is 12.1. The molecule has 3 aromatic carbocycles. The molecule has 0 aromatic heterocycles. The van der Waals surface area contributed by atoms with Gasteiger partial charge < -0.3 is 10.2 Å². The number of aryl methyl sites for hydroxylation is 1. The average Bonchev–Trinajstić information content (AvgIpc) is 3.02. The van der Waals surface area contributed by atoms with Crippen molar-refractivity contribution in [3.05, 3.63) is 93.5 Å². The highest BCUT2D eigenvalue weighted by atomic mass is 35.5. The molecule has 242 valence electrons. The van der Waals surface area contributed by atoms with Gasteiger partial charge >= 0.3 is 0 Å². The molecular formula is C35H43Cl2N3O4S. The van der Waals surface area contributed by atoms with Gasteiger partial charge in [0.1, 0.15) is 12.6 Å². The van der Waals surface area contributed by atoms with E-state index in [0.29, 0.717) is 27.7 Å². The maximum atomic E-state index is 14.4. The minimum Gasteiger partial charge on any atom is -0.352 e. The molecule has 45 heavy (non-hydrogen) atoms. The first-order valence-electron chi connectivity index (χ1n) is 15.6. The molecule has 0 saturated heterocycles. The van der Waals surface area contributed by atoms with Crippen molar-refractivity contribution < 1.29 is 18.0 Å². The zero-order chi connectivity index (χ0) is 32.7. The Morgan fingerprint density at radius 1 is 0.911 bits per heavy atom. The van der Waals surface area contributed by atoms with E-state index in [4.69, 9.17) is 23.2 Å². The lowest BCUT2D eigenvalue weighted by atomic mass is 9.95. The maximum Gasteiger partial charge on any atom is 0.264 e. The molecule has 1 aliphatic rings. The molecule has 0 spiro atoms. The van der Waals surface area contributed by atoms with Crippen molar-refractivity contribution in [2.24, 2.45) is 0 Å². The Balaban J connectivity index is 1.73. The highest BCUT2D eigenvalue weighted by molar-refractivity contribution is 7.92. The van der Waals surface area contributed by atoms with E-state index < -0.39 is 28.5 Å². The number of hydrogen-bond acceptors (Lipinski definition) is 4. The number of nitrogens with one attached hydrogen (secondary N) is 1. The normalized spacial score (nSPS) is 14.6. The Bertz CT molecular complexity index is 1570. The topological polar surface area (TPSA) is 86.8 Å². The number of hydrogen-bond donors (Lipinski definition) is 1. The van der Waals surface area contributed by atoms with Crippen LogP contribution in [0.25, 0.3) is 0 Å². The lowest BCUT2D eigenvalue weighted by Gasteiger charge is -2.34. The Labute approximate surface area is 278 Å². The quantitative estimate of drug-likeness (QED) is 0.212. The summed E-state index contributed by atoms with van der Waals surface area (Å²) < 4.78 is 29.4. The number of anilines is 1. The minimum absolute atomic E-state index is 0.0526. The van der Waals surface area contributed by atoms with Gasteiger partial charge in [0.15, 0.2) is 0 Å². The van der Waals surface area contributed by atoms with Crippen LogP contribution in [0.2, 0.25) is 10.0 Å². The smallest absolute Gasteiger partial charge is 0.264 e. The fraction of sp³-hybridized carbons (Fsp3) is 0.429. The molecule has 1 fully saturated rings. The van der Waals surface area contributed by atoms with Crippen LogP contribution >= 0.6 is 23.2 Å². The lowest BCUT2D eigenvalue weighted by molar-refractivity contribution is -0.140. The fourth-order valence-electron chi connectivity index (χ4n) is 5.69. The summed E-state index contributed by atoms with van der Waals surface area (Å²) in [5, 5.41) is 3.87. The van der Waals surface area contributed by atoms with Crippen LogP contribution in [0.3, 0.4) is 0 Å². The highest BCUT2D eigenvalue weighted by Gasteiger charge is 2.34. The van der Waals surface area contributed by atoms with E-state index in [-0.39, 0.29) is 29.3 Å². The third-order valence-corrected chi connectivity index (χ3v) is 10.9. The predicted octanol–water partition coefficient (Wildman–Crippen LogP) is 7.88. The SMILES string of the molecule is CC[C@@H](C(=O)NC1CCCCC1)N(Cc1ccc(Cl)c(Cl)c1)C(=O)CN(c1ccc(C(C)C)cc1)S(=O)(=O)c1ccc(C)cc1. The number of benzene rings is 3. The standard InChI is InChI=1S/C35H43Cl2N3O4S/c1-5-33(35(42)38-28-9-7-6-8-10-28)39(22-26-13-20-31(36)32(37)21-26)34(41)23-40(29-16-14-27(15-17-29)24(2)3)45(43,44)30-18-11-25(4)12-19-30/h11-21,24,28,33H,5-10,22-23H2,1-4H3,(H,38,42)/t33-/m0/s1.